The fraction of sp³-hybridized carbons (Fsp3) is 0.588. The maximum Gasteiger partial charge on any atom is 0.242 e. The quantitative estimate of drug-likeness (QED) is 0.823. The second-order valence-electron chi connectivity index (χ2n) is 6.98. The third-order valence-corrected chi connectivity index (χ3v) is 6.84. The molecule has 132 valence electrons. The molecule has 7 heteroatoms. The van der Waals surface area contributed by atoms with Crippen molar-refractivity contribution in [3.05, 3.63) is 29.8 Å². The van der Waals surface area contributed by atoms with Gasteiger partial charge in [0.05, 0.1) is 11.5 Å². The molecule has 0 radical (unpaired) electrons. The van der Waals surface area contributed by atoms with Crippen LogP contribution >= 0.6 is 0 Å². The summed E-state index contributed by atoms with van der Waals surface area (Å²) in [6, 6.07) is 6.78. The van der Waals surface area contributed by atoms with E-state index >= 15 is 0 Å². The van der Waals surface area contributed by atoms with E-state index in [0.717, 1.165) is 38.2 Å². The van der Waals surface area contributed by atoms with Crippen LogP contribution in [0.15, 0.2) is 29.2 Å². The summed E-state index contributed by atoms with van der Waals surface area (Å²) >= 11 is 0. The lowest BCUT2D eigenvalue weighted by Gasteiger charge is -2.39. The van der Waals surface area contributed by atoms with Crippen molar-refractivity contribution in [1.82, 2.24) is 9.21 Å². The number of likely N-dealkylation sites (tertiary alicyclic amines) is 1. The second kappa shape index (κ2) is 6.46. The van der Waals surface area contributed by atoms with Crippen LogP contribution < -0.4 is 0 Å². The van der Waals surface area contributed by atoms with E-state index in [1.807, 2.05) is 4.90 Å². The Hall–Kier alpha value is -1.44. The maximum absolute atomic E-state index is 12.2. The van der Waals surface area contributed by atoms with Gasteiger partial charge in [0.1, 0.15) is 0 Å². The molecule has 1 aromatic rings. The number of ether oxygens (including phenoxy) is 1. The molecule has 2 aliphatic rings. The molecule has 0 aliphatic carbocycles. The fourth-order valence-electron chi connectivity index (χ4n) is 3.42. The Balaban J connectivity index is 1.72. The molecule has 3 rings (SSSR count). The Bertz CT molecular complexity index is 707. The number of nitrogens with zero attached hydrogens (tertiary/aromatic N) is 2. The predicted octanol–water partition coefficient (Wildman–Crippen LogP) is 1.47. The Labute approximate surface area is 143 Å². The summed E-state index contributed by atoms with van der Waals surface area (Å²) < 4.78 is 30.9. The summed E-state index contributed by atoms with van der Waals surface area (Å²) in [5.74, 6) is 0.164. The van der Waals surface area contributed by atoms with Gasteiger partial charge in [-0.2, -0.15) is 0 Å². The van der Waals surface area contributed by atoms with Crippen LogP contribution in [0.4, 0.5) is 0 Å². The van der Waals surface area contributed by atoms with Crippen LogP contribution in [0.1, 0.15) is 24.8 Å². The Morgan fingerprint density at radius 1 is 1.21 bits per heavy atom. The van der Waals surface area contributed by atoms with Crippen molar-refractivity contribution < 1.29 is 17.9 Å². The van der Waals surface area contributed by atoms with Gasteiger partial charge in [-0.25, -0.2) is 12.7 Å². The highest BCUT2D eigenvalue weighted by atomic mass is 32.2. The zero-order valence-electron chi connectivity index (χ0n) is 14.2. The summed E-state index contributed by atoms with van der Waals surface area (Å²) in [4.78, 5) is 14.4. The van der Waals surface area contributed by atoms with Crippen molar-refractivity contribution in [3.63, 3.8) is 0 Å². The van der Waals surface area contributed by atoms with E-state index in [1.54, 1.807) is 24.3 Å². The number of hydrogen-bond donors (Lipinski definition) is 0. The van der Waals surface area contributed by atoms with E-state index in [1.165, 1.54) is 18.4 Å². The minimum absolute atomic E-state index is 0.113. The molecule has 1 atom stereocenters. The highest BCUT2D eigenvalue weighted by molar-refractivity contribution is 7.89. The van der Waals surface area contributed by atoms with Crippen LogP contribution in [-0.4, -0.2) is 57.4 Å². The number of hydrogen-bond acceptors (Lipinski definition) is 4. The van der Waals surface area contributed by atoms with Gasteiger partial charge in [0.15, 0.2) is 0 Å². The van der Waals surface area contributed by atoms with E-state index in [9.17, 15) is 13.2 Å². The number of carbonyl (C=O) groups is 1. The third kappa shape index (κ3) is 3.34. The molecule has 2 aliphatic heterocycles. The first-order valence-corrected chi connectivity index (χ1v) is 9.63. The number of rotatable bonds is 4. The van der Waals surface area contributed by atoms with Crippen LogP contribution in [0.3, 0.4) is 0 Å². The lowest BCUT2D eigenvalue weighted by Crippen LogP contribution is -2.46. The second-order valence-corrected chi connectivity index (χ2v) is 9.14. The van der Waals surface area contributed by atoms with Gasteiger partial charge >= 0.3 is 0 Å². The molecule has 2 fully saturated rings. The zero-order chi connectivity index (χ0) is 17.4. The van der Waals surface area contributed by atoms with E-state index in [0.29, 0.717) is 13.0 Å². The molecule has 0 aromatic heterocycles. The molecule has 1 amide bonds. The lowest BCUT2D eigenvalue weighted by molar-refractivity contribution is -0.138. The minimum atomic E-state index is -3.42. The fourth-order valence-corrected chi connectivity index (χ4v) is 4.32. The molecule has 2 saturated heterocycles. The molecule has 24 heavy (non-hydrogen) atoms. The van der Waals surface area contributed by atoms with Crippen LogP contribution in [0.2, 0.25) is 0 Å². The average molecular weight is 352 g/mol. The minimum Gasteiger partial charge on any atom is -0.381 e. The predicted molar refractivity (Wildman–Crippen MR) is 89.8 cm³/mol. The van der Waals surface area contributed by atoms with Crippen LogP contribution in [-0.2, 0) is 26.1 Å². The standard InChI is InChI=1S/C17H24N2O4S/c1-18(2)24(21,22)15-5-3-14(4-6-15)11-19-12-17(8-7-16(19)20)9-10-23-13-17/h3-6H,7-13H2,1-2H3. The first-order chi connectivity index (χ1) is 11.3. The number of piperidine rings is 1. The van der Waals surface area contributed by atoms with Crippen molar-refractivity contribution in [2.75, 3.05) is 33.9 Å². The summed E-state index contributed by atoms with van der Waals surface area (Å²) in [6.07, 6.45) is 2.48. The lowest BCUT2D eigenvalue weighted by atomic mass is 9.79. The topological polar surface area (TPSA) is 66.9 Å². The summed E-state index contributed by atoms with van der Waals surface area (Å²) in [5.41, 5.74) is 1.05. The molecule has 0 bridgehead atoms. The molecule has 1 aromatic carbocycles. The zero-order valence-corrected chi connectivity index (χ0v) is 15.0. The molecule has 2 heterocycles. The SMILES string of the molecule is CN(C)S(=O)(=O)c1ccc(CN2CC3(CCOC3)CCC2=O)cc1. The summed E-state index contributed by atoms with van der Waals surface area (Å²) in [7, 11) is -0.394. The normalized spacial score (nSPS) is 25.0. The van der Waals surface area contributed by atoms with Crippen molar-refractivity contribution in [2.45, 2.75) is 30.7 Å². The summed E-state index contributed by atoms with van der Waals surface area (Å²) in [5, 5.41) is 0. The van der Waals surface area contributed by atoms with Crippen molar-refractivity contribution >= 4 is 15.9 Å². The largest absolute Gasteiger partial charge is 0.381 e. The van der Waals surface area contributed by atoms with Gasteiger partial charge in [-0.05, 0) is 30.5 Å². The maximum atomic E-state index is 12.2. The van der Waals surface area contributed by atoms with Gasteiger partial charge in [-0.15, -0.1) is 0 Å². The summed E-state index contributed by atoms with van der Waals surface area (Å²) in [6.45, 7) is 2.75. The van der Waals surface area contributed by atoms with Crippen molar-refractivity contribution in [1.29, 1.82) is 0 Å². The number of amides is 1. The van der Waals surface area contributed by atoms with Crippen molar-refractivity contribution in [2.24, 2.45) is 5.41 Å². The molecule has 0 N–H and O–H groups in total. The first-order valence-electron chi connectivity index (χ1n) is 8.19. The van der Waals surface area contributed by atoms with Gasteiger partial charge in [-0.3, -0.25) is 4.79 Å². The smallest absolute Gasteiger partial charge is 0.242 e. The Kier molecular flexibility index (Phi) is 4.68. The van der Waals surface area contributed by atoms with E-state index in [2.05, 4.69) is 0 Å². The molecule has 1 unspecified atom stereocenters. The van der Waals surface area contributed by atoms with Crippen molar-refractivity contribution in [3.8, 4) is 0 Å². The number of carbonyl (C=O) groups excluding carboxylic acids is 1. The first kappa shape index (κ1) is 17.4. The average Bonchev–Trinajstić information content (AvgIpc) is 3.00. The highest BCUT2D eigenvalue weighted by Crippen LogP contribution is 2.38. The van der Waals surface area contributed by atoms with Gasteiger partial charge in [0.25, 0.3) is 0 Å². The number of benzene rings is 1. The Morgan fingerprint density at radius 2 is 1.92 bits per heavy atom. The van der Waals surface area contributed by atoms with Crippen LogP contribution in [0.25, 0.3) is 0 Å². The van der Waals surface area contributed by atoms with E-state index in [4.69, 9.17) is 4.74 Å². The van der Waals surface area contributed by atoms with Crippen LogP contribution in [0, 0.1) is 5.41 Å². The van der Waals surface area contributed by atoms with E-state index < -0.39 is 10.0 Å². The van der Waals surface area contributed by atoms with Gasteiger partial charge < -0.3 is 9.64 Å². The monoisotopic (exact) mass is 352 g/mol. The van der Waals surface area contributed by atoms with E-state index in [-0.39, 0.29) is 16.2 Å². The van der Waals surface area contributed by atoms with Gasteiger partial charge in [-0.1, -0.05) is 12.1 Å². The number of sulfonamides is 1. The molecule has 6 nitrogen and oxygen atoms in total. The highest BCUT2D eigenvalue weighted by Gasteiger charge is 2.41. The molecule has 0 saturated carbocycles. The van der Waals surface area contributed by atoms with Gasteiger partial charge in [0.2, 0.25) is 15.9 Å². The molecule has 1 spiro atoms. The molecular weight excluding hydrogens is 328 g/mol. The Morgan fingerprint density at radius 3 is 2.50 bits per heavy atom. The molecular formula is C17H24N2O4S. The third-order valence-electron chi connectivity index (χ3n) is 5.01. The van der Waals surface area contributed by atoms with Crippen LogP contribution in [0.5, 0.6) is 0 Å². The van der Waals surface area contributed by atoms with Gasteiger partial charge in [0, 0.05) is 45.6 Å².